The standard InChI is InChI=1S/C14H15N3O4/c1-2-8-16(9-13(18)19)12-6-5-11-10(4-3-7-15-11)14(12)17(20)21/h3-7H,2,8-9H2,1H3,(H,18,19). The molecule has 0 fully saturated rings. The Morgan fingerprint density at radius 3 is 2.81 bits per heavy atom. The summed E-state index contributed by atoms with van der Waals surface area (Å²) in [6, 6.07) is 6.48. The normalized spacial score (nSPS) is 10.5. The molecule has 110 valence electrons. The summed E-state index contributed by atoms with van der Waals surface area (Å²) in [7, 11) is 0. The number of rotatable bonds is 6. The minimum absolute atomic E-state index is 0.102. The van der Waals surface area contributed by atoms with Gasteiger partial charge in [-0.15, -0.1) is 0 Å². The van der Waals surface area contributed by atoms with Crippen LogP contribution in [0.1, 0.15) is 13.3 Å². The highest BCUT2D eigenvalue weighted by Gasteiger charge is 2.24. The fourth-order valence-corrected chi connectivity index (χ4v) is 2.29. The van der Waals surface area contributed by atoms with Gasteiger partial charge < -0.3 is 10.0 Å². The maximum atomic E-state index is 11.4. The number of hydrogen-bond donors (Lipinski definition) is 1. The van der Waals surface area contributed by atoms with Gasteiger partial charge in [-0.1, -0.05) is 6.92 Å². The highest BCUT2D eigenvalue weighted by Crippen LogP contribution is 2.35. The molecule has 0 unspecified atom stereocenters. The van der Waals surface area contributed by atoms with E-state index in [4.69, 9.17) is 5.11 Å². The summed E-state index contributed by atoms with van der Waals surface area (Å²) in [5.41, 5.74) is 0.722. The second kappa shape index (κ2) is 6.17. The molecule has 1 N–H and O–H groups in total. The molecule has 0 aliphatic rings. The van der Waals surface area contributed by atoms with Crippen LogP contribution in [0.3, 0.4) is 0 Å². The van der Waals surface area contributed by atoms with Crippen molar-refractivity contribution in [2.24, 2.45) is 0 Å². The highest BCUT2D eigenvalue weighted by atomic mass is 16.6. The van der Waals surface area contributed by atoms with Gasteiger partial charge in [-0.2, -0.15) is 0 Å². The number of carbonyl (C=O) groups is 1. The van der Waals surface area contributed by atoms with Gasteiger partial charge in [0.1, 0.15) is 12.2 Å². The smallest absolute Gasteiger partial charge is 0.323 e. The molecule has 0 radical (unpaired) electrons. The molecule has 0 aliphatic carbocycles. The van der Waals surface area contributed by atoms with Crippen LogP contribution >= 0.6 is 0 Å². The van der Waals surface area contributed by atoms with Crippen LogP contribution in [0.5, 0.6) is 0 Å². The lowest BCUT2D eigenvalue weighted by Crippen LogP contribution is -2.30. The van der Waals surface area contributed by atoms with Crippen molar-refractivity contribution < 1.29 is 14.8 Å². The predicted octanol–water partition coefficient (Wildman–Crippen LogP) is 2.44. The molecule has 1 heterocycles. The summed E-state index contributed by atoms with van der Waals surface area (Å²) in [5, 5.41) is 20.8. The van der Waals surface area contributed by atoms with E-state index in [1.54, 1.807) is 30.5 Å². The fourth-order valence-electron chi connectivity index (χ4n) is 2.29. The van der Waals surface area contributed by atoms with E-state index in [1.165, 1.54) is 4.90 Å². The van der Waals surface area contributed by atoms with Gasteiger partial charge in [-0.25, -0.2) is 0 Å². The number of pyridine rings is 1. The van der Waals surface area contributed by atoms with Crippen molar-refractivity contribution in [2.45, 2.75) is 13.3 Å². The number of aliphatic carboxylic acids is 1. The number of hydrogen-bond acceptors (Lipinski definition) is 5. The number of benzene rings is 1. The average Bonchev–Trinajstić information content (AvgIpc) is 2.45. The molecule has 0 bridgehead atoms. The molecule has 0 spiro atoms. The average molecular weight is 289 g/mol. The van der Waals surface area contributed by atoms with Gasteiger partial charge in [0, 0.05) is 12.7 Å². The molecule has 0 saturated carbocycles. The van der Waals surface area contributed by atoms with E-state index in [0.717, 1.165) is 0 Å². The topological polar surface area (TPSA) is 96.6 Å². The molecule has 7 nitrogen and oxygen atoms in total. The van der Waals surface area contributed by atoms with E-state index in [0.29, 0.717) is 29.6 Å². The number of carboxylic acids is 1. The minimum atomic E-state index is -1.02. The zero-order valence-electron chi connectivity index (χ0n) is 11.5. The van der Waals surface area contributed by atoms with Crippen LogP contribution in [-0.2, 0) is 4.79 Å². The summed E-state index contributed by atoms with van der Waals surface area (Å²) < 4.78 is 0. The zero-order chi connectivity index (χ0) is 15.4. The largest absolute Gasteiger partial charge is 0.480 e. The number of aromatic nitrogens is 1. The molecule has 1 aromatic carbocycles. The van der Waals surface area contributed by atoms with E-state index in [9.17, 15) is 14.9 Å². The van der Waals surface area contributed by atoms with Crippen LogP contribution in [0, 0.1) is 10.1 Å². The summed E-state index contributed by atoms with van der Waals surface area (Å²) in [4.78, 5) is 27.5. The van der Waals surface area contributed by atoms with Gasteiger partial charge in [-0.3, -0.25) is 19.9 Å². The van der Waals surface area contributed by atoms with E-state index < -0.39 is 10.9 Å². The lowest BCUT2D eigenvalue weighted by Gasteiger charge is -2.22. The van der Waals surface area contributed by atoms with Crippen molar-refractivity contribution in [3.05, 3.63) is 40.6 Å². The molecular formula is C14H15N3O4. The minimum Gasteiger partial charge on any atom is -0.480 e. The van der Waals surface area contributed by atoms with Crippen molar-refractivity contribution in [3.8, 4) is 0 Å². The van der Waals surface area contributed by atoms with Crippen molar-refractivity contribution >= 4 is 28.2 Å². The summed E-state index contributed by atoms with van der Waals surface area (Å²) >= 11 is 0. The van der Waals surface area contributed by atoms with Gasteiger partial charge in [-0.05, 0) is 30.7 Å². The van der Waals surface area contributed by atoms with E-state index >= 15 is 0 Å². The Labute approximate surface area is 121 Å². The molecule has 2 rings (SSSR count). The first-order chi connectivity index (χ1) is 10.0. The molecule has 2 aromatic rings. The Kier molecular flexibility index (Phi) is 4.32. The first-order valence-corrected chi connectivity index (χ1v) is 6.53. The van der Waals surface area contributed by atoms with Crippen LogP contribution < -0.4 is 4.90 Å². The second-order valence-electron chi connectivity index (χ2n) is 4.58. The second-order valence-corrected chi connectivity index (χ2v) is 4.58. The van der Waals surface area contributed by atoms with Crippen molar-refractivity contribution in [1.82, 2.24) is 4.98 Å². The summed E-state index contributed by atoms with van der Waals surface area (Å²) in [6.07, 6.45) is 2.25. The molecular weight excluding hydrogens is 274 g/mol. The molecule has 0 aliphatic heterocycles. The van der Waals surface area contributed by atoms with E-state index in [-0.39, 0.29) is 12.2 Å². The Morgan fingerprint density at radius 2 is 2.19 bits per heavy atom. The molecule has 7 heteroatoms. The molecule has 0 saturated heterocycles. The van der Waals surface area contributed by atoms with Gasteiger partial charge in [0.05, 0.1) is 15.8 Å². The quantitative estimate of drug-likeness (QED) is 0.648. The highest BCUT2D eigenvalue weighted by molar-refractivity contribution is 5.95. The number of fused-ring (bicyclic) bond motifs is 1. The van der Waals surface area contributed by atoms with Crippen molar-refractivity contribution in [1.29, 1.82) is 0 Å². The first kappa shape index (κ1) is 14.7. The van der Waals surface area contributed by atoms with Gasteiger partial charge in [0.2, 0.25) is 0 Å². The maximum Gasteiger partial charge on any atom is 0.323 e. The lowest BCUT2D eigenvalue weighted by molar-refractivity contribution is -0.382. The molecule has 0 atom stereocenters. The van der Waals surface area contributed by atoms with Gasteiger partial charge >= 0.3 is 11.7 Å². The van der Waals surface area contributed by atoms with E-state index in [1.807, 2.05) is 6.92 Å². The van der Waals surface area contributed by atoms with Crippen LogP contribution in [0.25, 0.3) is 10.9 Å². The first-order valence-electron chi connectivity index (χ1n) is 6.53. The Balaban J connectivity index is 2.63. The lowest BCUT2D eigenvalue weighted by atomic mass is 10.1. The van der Waals surface area contributed by atoms with Gasteiger partial charge in [0.25, 0.3) is 0 Å². The Morgan fingerprint density at radius 1 is 1.43 bits per heavy atom. The SMILES string of the molecule is CCCN(CC(=O)O)c1ccc2ncccc2c1[N+](=O)[O-]. The molecule has 1 aromatic heterocycles. The number of nitro benzene ring substituents is 1. The fraction of sp³-hybridized carbons (Fsp3) is 0.286. The van der Waals surface area contributed by atoms with Gasteiger partial charge in [0.15, 0.2) is 0 Å². The number of anilines is 1. The van der Waals surface area contributed by atoms with Crippen LogP contribution in [0.2, 0.25) is 0 Å². The van der Waals surface area contributed by atoms with Crippen LogP contribution in [0.4, 0.5) is 11.4 Å². The predicted molar refractivity (Wildman–Crippen MR) is 78.5 cm³/mol. The zero-order valence-corrected chi connectivity index (χ0v) is 11.5. The van der Waals surface area contributed by atoms with Crippen molar-refractivity contribution in [3.63, 3.8) is 0 Å². The monoisotopic (exact) mass is 289 g/mol. The van der Waals surface area contributed by atoms with Crippen molar-refractivity contribution in [2.75, 3.05) is 18.0 Å². The third-order valence-electron chi connectivity index (χ3n) is 3.08. The number of nitro groups is 1. The van der Waals surface area contributed by atoms with E-state index in [2.05, 4.69) is 4.98 Å². The molecule has 21 heavy (non-hydrogen) atoms. The Hall–Kier alpha value is -2.70. The van der Waals surface area contributed by atoms with Crippen LogP contribution in [0.15, 0.2) is 30.5 Å². The summed E-state index contributed by atoms with van der Waals surface area (Å²) in [5.74, 6) is -1.02. The third kappa shape index (κ3) is 3.07. The van der Waals surface area contributed by atoms with Crippen LogP contribution in [-0.4, -0.2) is 34.1 Å². The maximum absolute atomic E-state index is 11.4. The number of carboxylic acid groups (broad SMARTS) is 1. The Bertz CT molecular complexity index is 687. The molecule has 0 amide bonds. The number of nitrogens with zero attached hydrogens (tertiary/aromatic N) is 3. The third-order valence-corrected chi connectivity index (χ3v) is 3.08. The summed E-state index contributed by atoms with van der Waals surface area (Å²) in [6.45, 7) is 2.04.